The summed E-state index contributed by atoms with van der Waals surface area (Å²) in [5.41, 5.74) is -0.869. The van der Waals surface area contributed by atoms with E-state index in [1.165, 1.54) is 10.9 Å². The number of terminal acetylenes is 1. The normalized spacial score (nSPS) is 10.6. The van der Waals surface area contributed by atoms with Crippen molar-refractivity contribution in [3.05, 3.63) is 11.9 Å². The van der Waals surface area contributed by atoms with Crippen LogP contribution in [-0.4, -0.2) is 44.2 Å². The quantitative estimate of drug-likeness (QED) is 0.632. The Kier molecular flexibility index (Phi) is 4.47. The summed E-state index contributed by atoms with van der Waals surface area (Å²) in [6, 6.07) is -0.401. The number of nitrogens with zero attached hydrogens (tertiary/aromatic N) is 3. The van der Waals surface area contributed by atoms with E-state index < -0.39 is 17.5 Å². The second kappa shape index (κ2) is 5.86. The number of hydrogen-bond donors (Lipinski definition) is 3. The van der Waals surface area contributed by atoms with Gasteiger partial charge in [0.15, 0.2) is 5.69 Å². The molecule has 0 radical (unpaired) electrons. The molecule has 0 aliphatic carbocycles. The molecule has 0 aromatic carbocycles. The highest BCUT2D eigenvalue weighted by Crippen LogP contribution is 1.97. The molecule has 0 unspecified atom stereocenters. The average molecular weight is 265 g/mol. The summed E-state index contributed by atoms with van der Waals surface area (Å²) in [5.74, 6) is 1.29. The molecule has 102 valence electrons. The summed E-state index contributed by atoms with van der Waals surface area (Å²) in [4.78, 5) is 22.0. The second-order valence-electron chi connectivity index (χ2n) is 4.32. The molecular formula is C11H15N5O3. The number of aromatic carboxylic acids is 1. The molecule has 0 bridgehead atoms. The number of carbonyl (C=O) groups is 2. The molecule has 0 fully saturated rings. The Bertz CT molecular complexity index is 515. The van der Waals surface area contributed by atoms with E-state index in [4.69, 9.17) is 11.5 Å². The van der Waals surface area contributed by atoms with Crippen molar-refractivity contribution < 1.29 is 14.7 Å². The number of nitrogens with one attached hydrogen (secondary N) is 2. The number of carboxylic acid groups (broad SMARTS) is 1. The smallest absolute Gasteiger partial charge is 0.358 e. The van der Waals surface area contributed by atoms with Gasteiger partial charge in [0.2, 0.25) is 0 Å². The fourth-order valence-electron chi connectivity index (χ4n) is 1.15. The minimum absolute atomic E-state index is 0.141. The van der Waals surface area contributed by atoms with E-state index in [2.05, 4.69) is 26.9 Å². The van der Waals surface area contributed by atoms with Crippen molar-refractivity contribution in [3.8, 4) is 12.3 Å². The van der Waals surface area contributed by atoms with Gasteiger partial charge in [-0.05, 0) is 13.8 Å². The van der Waals surface area contributed by atoms with Gasteiger partial charge in [0, 0.05) is 6.54 Å². The van der Waals surface area contributed by atoms with Crippen LogP contribution in [0.1, 0.15) is 24.3 Å². The molecule has 0 saturated carbocycles. The van der Waals surface area contributed by atoms with Crippen LogP contribution >= 0.6 is 0 Å². The van der Waals surface area contributed by atoms with Gasteiger partial charge in [0.1, 0.15) is 0 Å². The Morgan fingerprint density at radius 3 is 2.79 bits per heavy atom. The molecular weight excluding hydrogens is 250 g/mol. The summed E-state index contributed by atoms with van der Waals surface area (Å²) in [6.07, 6.45) is 6.52. The number of amides is 2. The number of rotatable bonds is 5. The predicted octanol–water partition coefficient (Wildman–Crippen LogP) is -0.313. The van der Waals surface area contributed by atoms with Crippen LogP contribution in [0.3, 0.4) is 0 Å². The maximum Gasteiger partial charge on any atom is 0.358 e. The molecule has 0 aliphatic heterocycles. The Balaban J connectivity index is 2.36. The number of carbonyl (C=O) groups excluding carboxylic acids is 1. The van der Waals surface area contributed by atoms with Gasteiger partial charge in [-0.15, -0.1) is 11.5 Å². The lowest BCUT2D eigenvalue weighted by Crippen LogP contribution is -2.48. The highest BCUT2D eigenvalue weighted by atomic mass is 16.4. The first-order chi connectivity index (χ1) is 8.84. The third-order valence-electron chi connectivity index (χ3n) is 2.17. The van der Waals surface area contributed by atoms with Crippen LogP contribution in [0, 0.1) is 12.3 Å². The van der Waals surface area contributed by atoms with Gasteiger partial charge >= 0.3 is 12.0 Å². The third-order valence-corrected chi connectivity index (χ3v) is 2.17. The van der Waals surface area contributed by atoms with Crippen molar-refractivity contribution in [1.82, 2.24) is 25.6 Å². The standard InChI is InChI=1S/C11H15N5O3/c1-4-11(2,3)13-10(19)12-5-6-16-7-8(9(17)18)14-15-16/h1,7H,5-6H2,2-3H3,(H,17,18)(H2,12,13,19). The largest absolute Gasteiger partial charge is 0.476 e. The molecule has 8 nitrogen and oxygen atoms in total. The van der Waals surface area contributed by atoms with E-state index >= 15 is 0 Å². The van der Waals surface area contributed by atoms with Crippen LogP contribution in [0.2, 0.25) is 0 Å². The molecule has 1 aromatic heterocycles. The van der Waals surface area contributed by atoms with Gasteiger partial charge in [0.05, 0.1) is 18.3 Å². The zero-order valence-electron chi connectivity index (χ0n) is 10.7. The maximum absolute atomic E-state index is 11.5. The predicted molar refractivity (Wildman–Crippen MR) is 66.4 cm³/mol. The fourth-order valence-corrected chi connectivity index (χ4v) is 1.15. The van der Waals surface area contributed by atoms with Crippen molar-refractivity contribution in [3.63, 3.8) is 0 Å². The van der Waals surface area contributed by atoms with Crippen molar-refractivity contribution in [2.45, 2.75) is 25.9 Å². The minimum atomic E-state index is -1.15. The molecule has 0 spiro atoms. The topological polar surface area (TPSA) is 109 Å². The summed E-state index contributed by atoms with van der Waals surface area (Å²) in [6.45, 7) is 3.98. The van der Waals surface area contributed by atoms with Crippen LogP contribution in [0.15, 0.2) is 6.20 Å². The molecule has 1 aromatic rings. The van der Waals surface area contributed by atoms with Gasteiger partial charge < -0.3 is 15.7 Å². The molecule has 0 atom stereocenters. The fraction of sp³-hybridized carbons (Fsp3) is 0.455. The van der Waals surface area contributed by atoms with Crippen molar-refractivity contribution >= 4 is 12.0 Å². The lowest BCUT2D eigenvalue weighted by Gasteiger charge is -2.19. The molecule has 1 rings (SSSR count). The number of urea groups is 1. The summed E-state index contributed by atoms with van der Waals surface area (Å²) in [5, 5.41) is 20.9. The zero-order valence-corrected chi connectivity index (χ0v) is 10.7. The molecule has 19 heavy (non-hydrogen) atoms. The Labute approximate surface area is 110 Å². The first kappa shape index (κ1) is 14.5. The number of carboxylic acids is 1. The SMILES string of the molecule is C#CC(C)(C)NC(=O)NCCn1cc(C(=O)O)nn1. The second-order valence-corrected chi connectivity index (χ2v) is 4.32. The van der Waals surface area contributed by atoms with E-state index in [0.717, 1.165) is 0 Å². The molecule has 0 saturated heterocycles. The van der Waals surface area contributed by atoms with Gasteiger partial charge in [-0.3, -0.25) is 0 Å². The summed E-state index contributed by atoms with van der Waals surface area (Å²) >= 11 is 0. The van der Waals surface area contributed by atoms with E-state index in [1.54, 1.807) is 13.8 Å². The Morgan fingerprint density at radius 2 is 2.26 bits per heavy atom. The molecule has 2 amide bonds. The highest BCUT2D eigenvalue weighted by molar-refractivity contribution is 5.84. The van der Waals surface area contributed by atoms with Gasteiger partial charge in [-0.2, -0.15) is 0 Å². The van der Waals surface area contributed by atoms with Crippen molar-refractivity contribution in [2.24, 2.45) is 0 Å². The lowest BCUT2D eigenvalue weighted by atomic mass is 10.1. The first-order valence-electron chi connectivity index (χ1n) is 5.51. The summed E-state index contributed by atoms with van der Waals surface area (Å²) < 4.78 is 1.33. The molecule has 1 heterocycles. The van der Waals surface area contributed by atoms with Gasteiger partial charge in [-0.1, -0.05) is 11.1 Å². The lowest BCUT2D eigenvalue weighted by molar-refractivity contribution is 0.0690. The highest BCUT2D eigenvalue weighted by Gasteiger charge is 2.16. The number of hydrogen-bond acceptors (Lipinski definition) is 4. The van der Waals surface area contributed by atoms with Crippen LogP contribution in [0.25, 0.3) is 0 Å². The van der Waals surface area contributed by atoms with Crippen LogP contribution in [0.5, 0.6) is 0 Å². The van der Waals surface area contributed by atoms with E-state index in [1.807, 2.05) is 0 Å². The third kappa shape index (κ3) is 4.67. The van der Waals surface area contributed by atoms with Gasteiger partial charge in [-0.25, -0.2) is 14.3 Å². The first-order valence-corrected chi connectivity index (χ1v) is 5.51. The van der Waals surface area contributed by atoms with Crippen molar-refractivity contribution in [1.29, 1.82) is 0 Å². The average Bonchev–Trinajstić information content (AvgIpc) is 2.77. The zero-order chi connectivity index (χ0) is 14.5. The van der Waals surface area contributed by atoms with Crippen molar-refractivity contribution in [2.75, 3.05) is 6.54 Å². The minimum Gasteiger partial charge on any atom is -0.476 e. The summed E-state index contributed by atoms with van der Waals surface area (Å²) in [7, 11) is 0. The van der Waals surface area contributed by atoms with Crippen LogP contribution < -0.4 is 10.6 Å². The molecule has 8 heteroatoms. The maximum atomic E-state index is 11.5. The van der Waals surface area contributed by atoms with E-state index in [-0.39, 0.29) is 12.2 Å². The monoisotopic (exact) mass is 265 g/mol. The van der Waals surface area contributed by atoms with Crippen LogP contribution in [-0.2, 0) is 6.54 Å². The van der Waals surface area contributed by atoms with E-state index in [0.29, 0.717) is 6.54 Å². The Morgan fingerprint density at radius 1 is 1.58 bits per heavy atom. The molecule has 3 N–H and O–H groups in total. The van der Waals surface area contributed by atoms with Gasteiger partial charge in [0.25, 0.3) is 0 Å². The van der Waals surface area contributed by atoms with E-state index in [9.17, 15) is 9.59 Å². The van der Waals surface area contributed by atoms with Crippen LogP contribution in [0.4, 0.5) is 4.79 Å². The molecule has 0 aliphatic rings. The number of aromatic nitrogens is 3. The Hall–Kier alpha value is -2.56.